The maximum absolute atomic E-state index is 12.7. The van der Waals surface area contributed by atoms with Gasteiger partial charge in [-0.25, -0.2) is 9.97 Å². The van der Waals surface area contributed by atoms with E-state index in [2.05, 4.69) is 26.9 Å². The van der Waals surface area contributed by atoms with Crippen molar-refractivity contribution in [2.24, 2.45) is 5.92 Å². The Morgan fingerprint density at radius 2 is 2.08 bits per heavy atom. The number of nitrogens with zero attached hydrogens (tertiary/aromatic N) is 3. The lowest BCUT2D eigenvalue weighted by molar-refractivity contribution is -0.0533. The van der Waals surface area contributed by atoms with Crippen LogP contribution in [0, 0.1) is 26.7 Å². The van der Waals surface area contributed by atoms with Crippen molar-refractivity contribution in [2.45, 2.75) is 39.3 Å². The highest BCUT2D eigenvalue weighted by Crippen LogP contribution is 2.38. The van der Waals surface area contributed by atoms with Crippen LogP contribution in [0.5, 0.6) is 5.88 Å². The first-order valence-electron chi connectivity index (χ1n) is 8.08. The molecular weight excluding hydrogens is 366 g/mol. The van der Waals surface area contributed by atoms with Gasteiger partial charge in [0.25, 0.3) is 5.56 Å². The molecule has 2 aromatic rings. The molecule has 26 heavy (non-hydrogen) atoms. The average molecular weight is 384 g/mol. The molecule has 0 bridgehead atoms. The summed E-state index contributed by atoms with van der Waals surface area (Å²) in [7, 11) is 0. The van der Waals surface area contributed by atoms with E-state index in [-0.39, 0.29) is 28.5 Å². The molecule has 0 aromatic carbocycles. The van der Waals surface area contributed by atoms with Crippen LogP contribution in [0.2, 0.25) is 5.15 Å². The van der Waals surface area contributed by atoms with Gasteiger partial charge in [-0.05, 0) is 45.6 Å². The first-order valence-corrected chi connectivity index (χ1v) is 8.46. The fourth-order valence-electron chi connectivity index (χ4n) is 2.66. The Kier molecular flexibility index (Phi) is 5.13. The summed E-state index contributed by atoms with van der Waals surface area (Å²) >= 11 is 6.05. The van der Waals surface area contributed by atoms with E-state index in [1.54, 1.807) is 19.9 Å². The van der Waals surface area contributed by atoms with E-state index in [1.807, 2.05) is 0 Å². The maximum atomic E-state index is 12.7. The molecule has 6 nitrogen and oxygen atoms in total. The Balaban J connectivity index is 1.94. The molecule has 0 spiro atoms. The van der Waals surface area contributed by atoms with Gasteiger partial charge in [0.05, 0.1) is 11.4 Å². The van der Waals surface area contributed by atoms with E-state index in [4.69, 9.17) is 11.6 Å². The lowest BCUT2D eigenvalue weighted by Crippen LogP contribution is -2.27. The van der Waals surface area contributed by atoms with Gasteiger partial charge in [-0.2, -0.15) is 8.78 Å². The Labute approximate surface area is 154 Å². The minimum Gasteiger partial charge on any atom is -0.417 e. The van der Waals surface area contributed by atoms with E-state index in [9.17, 15) is 13.6 Å². The van der Waals surface area contributed by atoms with E-state index < -0.39 is 6.61 Å². The molecule has 0 aliphatic heterocycles. The normalized spacial score (nSPS) is 15.2. The van der Waals surface area contributed by atoms with E-state index >= 15 is 0 Å². The van der Waals surface area contributed by atoms with E-state index in [0.717, 1.165) is 12.8 Å². The largest absolute Gasteiger partial charge is 0.417 e. The molecule has 1 aliphatic carbocycles. The van der Waals surface area contributed by atoms with Crippen molar-refractivity contribution in [3.8, 4) is 5.88 Å². The molecule has 9 heteroatoms. The molecule has 0 amide bonds. The zero-order valence-electron chi connectivity index (χ0n) is 14.3. The Hall–Kier alpha value is -2.22. The quantitative estimate of drug-likeness (QED) is 0.815. The zero-order chi connectivity index (χ0) is 19.0. The van der Waals surface area contributed by atoms with Gasteiger partial charge in [-0.1, -0.05) is 11.6 Å². The number of aromatic nitrogens is 3. The summed E-state index contributed by atoms with van der Waals surface area (Å²) in [6.45, 7) is 4.27. The van der Waals surface area contributed by atoms with E-state index in [0.29, 0.717) is 22.9 Å². The zero-order valence-corrected chi connectivity index (χ0v) is 15.1. The van der Waals surface area contributed by atoms with Crippen molar-refractivity contribution in [3.05, 3.63) is 46.0 Å². The number of pyridine rings is 1. The van der Waals surface area contributed by atoms with Crippen molar-refractivity contribution < 1.29 is 13.5 Å². The second-order valence-electron chi connectivity index (χ2n) is 6.28. The molecule has 1 radical (unpaired) electrons. The summed E-state index contributed by atoms with van der Waals surface area (Å²) in [6, 6.07) is 1.35. The first kappa shape index (κ1) is 18.6. The average Bonchev–Trinajstić information content (AvgIpc) is 3.39. The van der Waals surface area contributed by atoms with Gasteiger partial charge in [0.2, 0.25) is 5.88 Å². The van der Waals surface area contributed by atoms with Crippen LogP contribution in [0.1, 0.15) is 30.1 Å². The van der Waals surface area contributed by atoms with Gasteiger partial charge >= 0.3 is 6.61 Å². The molecule has 139 valence electrons. The Morgan fingerprint density at radius 3 is 2.69 bits per heavy atom. The molecule has 1 aliphatic rings. The summed E-state index contributed by atoms with van der Waals surface area (Å²) < 4.78 is 30.7. The predicted molar refractivity (Wildman–Crippen MR) is 94.3 cm³/mol. The predicted octanol–water partition coefficient (Wildman–Crippen LogP) is 4.04. The van der Waals surface area contributed by atoms with Gasteiger partial charge in [-0.3, -0.25) is 4.79 Å². The van der Waals surface area contributed by atoms with Gasteiger partial charge in [0.1, 0.15) is 5.15 Å². The number of nitrogens with one attached hydrogen (secondary N) is 1. The first-order chi connectivity index (χ1) is 12.3. The number of anilines is 2. The second kappa shape index (κ2) is 7.19. The van der Waals surface area contributed by atoms with Crippen molar-refractivity contribution >= 4 is 23.1 Å². The molecular formula is C17H18ClF2N4O2. The summed E-state index contributed by atoms with van der Waals surface area (Å²) in [5.74, 6) is 0.222. The van der Waals surface area contributed by atoms with Crippen LogP contribution in [-0.4, -0.2) is 21.1 Å². The van der Waals surface area contributed by atoms with Crippen molar-refractivity contribution in [1.29, 1.82) is 0 Å². The lowest BCUT2D eigenvalue weighted by Gasteiger charge is -2.17. The van der Waals surface area contributed by atoms with Crippen LogP contribution in [0.3, 0.4) is 0 Å². The minimum absolute atomic E-state index is 0.0265. The fraction of sp³-hybridized carbons (Fsp3) is 0.412. The second-order valence-corrected chi connectivity index (χ2v) is 6.66. The molecule has 1 saturated carbocycles. The van der Waals surface area contributed by atoms with Crippen molar-refractivity contribution in [2.75, 3.05) is 5.32 Å². The summed E-state index contributed by atoms with van der Waals surface area (Å²) in [5.41, 5.74) is 0.877. The van der Waals surface area contributed by atoms with Crippen LogP contribution in [0.25, 0.3) is 0 Å². The van der Waals surface area contributed by atoms with Crippen LogP contribution in [0.15, 0.2) is 17.1 Å². The van der Waals surface area contributed by atoms with Crippen LogP contribution >= 0.6 is 11.6 Å². The van der Waals surface area contributed by atoms with Gasteiger partial charge in [0, 0.05) is 17.8 Å². The number of aryl methyl sites for hydroxylation is 2. The van der Waals surface area contributed by atoms with Crippen molar-refractivity contribution in [1.82, 2.24) is 14.5 Å². The number of hydrogen-bond donors (Lipinski definition) is 1. The third-order valence-electron chi connectivity index (χ3n) is 4.24. The lowest BCUT2D eigenvalue weighted by atomic mass is 10.2. The Morgan fingerprint density at radius 1 is 1.38 bits per heavy atom. The summed E-state index contributed by atoms with van der Waals surface area (Å²) in [6.07, 6.45) is 3.52. The van der Waals surface area contributed by atoms with E-state index in [1.165, 1.54) is 10.8 Å². The van der Waals surface area contributed by atoms with Crippen molar-refractivity contribution in [3.63, 3.8) is 0 Å². The molecule has 3 rings (SSSR count). The van der Waals surface area contributed by atoms with Gasteiger partial charge < -0.3 is 14.6 Å². The molecule has 2 heterocycles. The molecule has 1 atom stereocenters. The topological polar surface area (TPSA) is 69.0 Å². The maximum Gasteiger partial charge on any atom is 0.388 e. The molecule has 0 unspecified atom stereocenters. The number of alkyl halides is 2. The van der Waals surface area contributed by atoms with Crippen LogP contribution < -0.4 is 15.6 Å². The SMILES string of the molecule is [CH2][C@@H](C1CC1)n1cc(Cl)nc(Nc2cc(C)c(OC(F)F)nc2C)c1=O. The van der Waals surface area contributed by atoms with Gasteiger partial charge in [0.15, 0.2) is 5.82 Å². The molecule has 1 fully saturated rings. The highest BCUT2D eigenvalue weighted by atomic mass is 35.5. The Bertz CT molecular complexity index is 884. The smallest absolute Gasteiger partial charge is 0.388 e. The number of ether oxygens (including phenoxy) is 1. The monoisotopic (exact) mass is 383 g/mol. The van der Waals surface area contributed by atoms with Crippen LogP contribution in [-0.2, 0) is 0 Å². The molecule has 1 N–H and O–H groups in total. The third-order valence-corrected chi connectivity index (χ3v) is 4.42. The molecule has 2 aromatic heterocycles. The van der Waals surface area contributed by atoms with Gasteiger partial charge in [-0.15, -0.1) is 0 Å². The number of hydrogen-bond acceptors (Lipinski definition) is 5. The molecule has 0 saturated heterocycles. The minimum atomic E-state index is -2.96. The summed E-state index contributed by atoms with van der Waals surface area (Å²) in [4.78, 5) is 20.8. The standard InChI is InChI=1S/C17H18ClF2N4O2/c1-8-6-12(9(2)21-15(8)26-17(19)20)22-14-16(25)24(7-13(18)23-14)10(3)11-4-5-11/h6-7,10-11,17H,3-5H2,1-2H3,(H,22,23)/t10-/m0/s1. The highest BCUT2D eigenvalue weighted by Gasteiger charge is 2.30. The summed E-state index contributed by atoms with van der Waals surface area (Å²) in [5, 5.41) is 3.05. The van der Waals surface area contributed by atoms with Crippen LogP contribution in [0.4, 0.5) is 20.3 Å². The third kappa shape index (κ3) is 3.95. The highest BCUT2D eigenvalue weighted by molar-refractivity contribution is 6.29. The number of halogens is 3. The number of rotatable bonds is 6. The fourth-order valence-corrected chi connectivity index (χ4v) is 2.85.